The maximum atomic E-state index is 4.56. The molecule has 0 bridgehead atoms. The minimum Gasteiger partial charge on any atom is -0.348 e. The molecule has 23 heavy (non-hydrogen) atoms. The highest BCUT2D eigenvalue weighted by Gasteiger charge is 2.32. The van der Waals surface area contributed by atoms with Crippen LogP contribution >= 0.6 is 0 Å². The monoisotopic (exact) mass is 311 g/mol. The van der Waals surface area contributed by atoms with E-state index in [1.54, 1.807) is 12.7 Å². The first kappa shape index (κ1) is 14.2. The van der Waals surface area contributed by atoms with Crippen molar-refractivity contribution in [2.45, 2.75) is 38.9 Å². The van der Waals surface area contributed by atoms with Crippen molar-refractivity contribution in [2.75, 3.05) is 6.54 Å². The van der Waals surface area contributed by atoms with Gasteiger partial charge in [-0.05, 0) is 6.42 Å². The van der Waals surface area contributed by atoms with Crippen molar-refractivity contribution in [1.82, 2.24) is 34.4 Å². The number of nitrogens with one attached hydrogen (secondary N) is 2. The summed E-state index contributed by atoms with van der Waals surface area (Å²) in [5, 5.41) is 0. The third kappa shape index (κ3) is 2.57. The van der Waals surface area contributed by atoms with E-state index in [9.17, 15) is 0 Å². The van der Waals surface area contributed by atoms with Gasteiger partial charge in [0, 0.05) is 43.8 Å². The number of aromatic nitrogens is 6. The molecule has 0 radical (unpaired) electrons. The summed E-state index contributed by atoms with van der Waals surface area (Å²) in [6, 6.07) is 0.0966. The number of fused-ring (bicyclic) bond motifs is 1. The normalized spacial score (nSPS) is 18.2. The molecule has 3 aromatic rings. The van der Waals surface area contributed by atoms with Gasteiger partial charge in [0.25, 0.3) is 0 Å². The Balaban J connectivity index is 1.66. The zero-order chi connectivity index (χ0) is 15.6. The quantitative estimate of drug-likeness (QED) is 0.754. The molecule has 4 heterocycles. The van der Waals surface area contributed by atoms with Crippen LogP contribution in [0.4, 0.5) is 0 Å². The van der Waals surface area contributed by atoms with Crippen molar-refractivity contribution < 1.29 is 0 Å². The summed E-state index contributed by atoms with van der Waals surface area (Å²) in [4.78, 5) is 22.3. The fourth-order valence-electron chi connectivity index (χ4n) is 3.37. The van der Waals surface area contributed by atoms with Gasteiger partial charge in [0.1, 0.15) is 5.82 Å². The fraction of sp³-hybridized carbons (Fsp3) is 0.438. The number of hydrogen-bond acceptors (Lipinski definition) is 4. The highest BCUT2D eigenvalue weighted by atomic mass is 15.2. The van der Waals surface area contributed by atoms with Crippen LogP contribution in [0.2, 0.25) is 0 Å². The van der Waals surface area contributed by atoms with Crippen molar-refractivity contribution in [2.24, 2.45) is 0 Å². The lowest BCUT2D eigenvalue weighted by Gasteiger charge is -2.34. The fourth-order valence-corrected chi connectivity index (χ4v) is 3.37. The molecule has 1 atom stereocenters. The Morgan fingerprint density at radius 1 is 1.26 bits per heavy atom. The molecule has 0 spiro atoms. The van der Waals surface area contributed by atoms with Gasteiger partial charge in [-0.1, -0.05) is 6.92 Å². The number of aryl methyl sites for hydroxylation is 1. The van der Waals surface area contributed by atoms with E-state index in [1.165, 1.54) is 5.69 Å². The second-order valence-corrected chi connectivity index (χ2v) is 5.93. The van der Waals surface area contributed by atoms with E-state index >= 15 is 0 Å². The molecule has 4 rings (SSSR count). The molecule has 1 aliphatic rings. The van der Waals surface area contributed by atoms with E-state index in [0.29, 0.717) is 0 Å². The average Bonchev–Trinajstić information content (AvgIpc) is 3.29. The average molecular weight is 311 g/mol. The SMILES string of the molecule is CCCn1ccnc1CN1CCc2[nH]cnc2[C@@H]1c1cnc[nH]1. The number of H-pyrrole nitrogens is 2. The minimum atomic E-state index is 0.0966. The van der Waals surface area contributed by atoms with E-state index in [-0.39, 0.29) is 6.04 Å². The van der Waals surface area contributed by atoms with E-state index < -0.39 is 0 Å². The van der Waals surface area contributed by atoms with Gasteiger partial charge in [-0.25, -0.2) is 15.0 Å². The maximum Gasteiger partial charge on any atom is 0.122 e. The predicted octanol–water partition coefficient (Wildman–Crippen LogP) is 1.89. The van der Waals surface area contributed by atoms with Gasteiger partial charge in [0.05, 0.1) is 36.6 Å². The maximum absolute atomic E-state index is 4.56. The molecule has 2 N–H and O–H groups in total. The second-order valence-electron chi connectivity index (χ2n) is 5.93. The lowest BCUT2D eigenvalue weighted by molar-refractivity contribution is 0.190. The van der Waals surface area contributed by atoms with Gasteiger partial charge < -0.3 is 14.5 Å². The first-order valence-electron chi connectivity index (χ1n) is 8.11. The molecule has 120 valence electrons. The van der Waals surface area contributed by atoms with Crippen molar-refractivity contribution in [3.05, 3.63) is 54.2 Å². The van der Waals surface area contributed by atoms with Gasteiger partial charge >= 0.3 is 0 Å². The topological polar surface area (TPSA) is 78.4 Å². The largest absolute Gasteiger partial charge is 0.348 e. The molecule has 3 aromatic heterocycles. The van der Waals surface area contributed by atoms with Crippen molar-refractivity contribution in [3.8, 4) is 0 Å². The van der Waals surface area contributed by atoms with Crippen LogP contribution in [-0.2, 0) is 19.5 Å². The van der Waals surface area contributed by atoms with Crippen molar-refractivity contribution >= 4 is 0 Å². The molecule has 7 nitrogen and oxygen atoms in total. The number of rotatable bonds is 5. The van der Waals surface area contributed by atoms with E-state index in [0.717, 1.165) is 49.7 Å². The summed E-state index contributed by atoms with van der Waals surface area (Å²) in [5.74, 6) is 1.11. The molecule has 0 unspecified atom stereocenters. The van der Waals surface area contributed by atoms with Crippen LogP contribution in [0.5, 0.6) is 0 Å². The summed E-state index contributed by atoms with van der Waals surface area (Å²) in [5.41, 5.74) is 3.39. The number of imidazole rings is 3. The van der Waals surface area contributed by atoms with Crippen LogP contribution < -0.4 is 0 Å². The lowest BCUT2D eigenvalue weighted by Crippen LogP contribution is -2.36. The summed E-state index contributed by atoms with van der Waals surface area (Å²) in [7, 11) is 0. The van der Waals surface area contributed by atoms with Gasteiger partial charge in [-0.2, -0.15) is 0 Å². The van der Waals surface area contributed by atoms with Crippen LogP contribution in [0.3, 0.4) is 0 Å². The van der Waals surface area contributed by atoms with Gasteiger partial charge in [-0.3, -0.25) is 4.90 Å². The highest BCUT2D eigenvalue weighted by molar-refractivity contribution is 5.27. The second kappa shape index (κ2) is 6.00. The summed E-state index contributed by atoms with van der Waals surface area (Å²) < 4.78 is 2.24. The Morgan fingerprint density at radius 2 is 2.22 bits per heavy atom. The van der Waals surface area contributed by atoms with Crippen molar-refractivity contribution in [3.63, 3.8) is 0 Å². The number of aromatic amines is 2. The summed E-state index contributed by atoms with van der Waals surface area (Å²) in [6.07, 6.45) is 11.4. The molecule has 0 aromatic carbocycles. The Morgan fingerprint density at radius 3 is 3.04 bits per heavy atom. The van der Waals surface area contributed by atoms with Crippen molar-refractivity contribution in [1.29, 1.82) is 0 Å². The van der Waals surface area contributed by atoms with Gasteiger partial charge in [0.15, 0.2) is 0 Å². The molecule has 0 saturated heterocycles. The summed E-state index contributed by atoms with van der Waals surface area (Å²) in [6.45, 7) is 4.97. The van der Waals surface area contributed by atoms with Crippen LogP contribution in [0.1, 0.15) is 42.3 Å². The van der Waals surface area contributed by atoms with Crippen LogP contribution in [0.25, 0.3) is 0 Å². The molecule has 7 heteroatoms. The third-order valence-electron chi connectivity index (χ3n) is 4.45. The van der Waals surface area contributed by atoms with E-state index in [1.807, 2.05) is 12.4 Å². The zero-order valence-corrected chi connectivity index (χ0v) is 13.2. The first-order valence-corrected chi connectivity index (χ1v) is 8.11. The molecular formula is C16H21N7. The van der Waals surface area contributed by atoms with Crippen LogP contribution in [0, 0.1) is 0 Å². The Bertz CT molecular complexity index is 755. The number of nitrogens with zero attached hydrogens (tertiary/aromatic N) is 5. The Hall–Kier alpha value is -2.41. The molecule has 0 fully saturated rings. The standard InChI is InChI=1S/C16H21N7/c1-2-5-22-7-4-18-14(22)9-23-6-3-12-15(21-11-20-12)16(23)13-8-17-10-19-13/h4,7-8,10-11,16H,2-3,5-6,9H2,1H3,(H,17,19)(H,20,21)/t16-/m0/s1. The van der Waals surface area contributed by atoms with E-state index in [4.69, 9.17) is 0 Å². The molecule has 0 saturated carbocycles. The number of hydrogen-bond donors (Lipinski definition) is 2. The van der Waals surface area contributed by atoms with Crippen LogP contribution in [-0.4, -0.2) is 40.9 Å². The van der Waals surface area contributed by atoms with Gasteiger partial charge in [0.2, 0.25) is 0 Å². The zero-order valence-electron chi connectivity index (χ0n) is 13.2. The third-order valence-corrected chi connectivity index (χ3v) is 4.45. The van der Waals surface area contributed by atoms with Crippen LogP contribution in [0.15, 0.2) is 31.2 Å². The molecule has 0 aliphatic carbocycles. The molecule has 1 aliphatic heterocycles. The van der Waals surface area contributed by atoms with Gasteiger partial charge in [-0.15, -0.1) is 0 Å². The Kier molecular flexibility index (Phi) is 3.70. The smallest absolute Gasteiger partial charge is 0.122 e. The Labute approximate surface area is 134 Å². The highest BCUT2D eigenvalue weighted by Crippen LogP contribution is 2.32. The van der Waals surface area contributed by atoms with E-state index in [2.05, 4.69) is 47.5 Å². The molecular weight excluding hydrogens is 290 g/mol. The predicted molar refractivity (Wildman–Crippen MR) is 85.7 cm³/mol. The first-order chi connectivity index (χ1) is 11.4. The summed E-state index contributed by atoms with van der Waals surface area (Å²) >= 11 is 0. The molecule has 0 amide bonds. The minimum absolute atomic E-state index is 0.0966. The lowest BCUT2D eigenvalue weighted by atomic mass is 10.0.